The molecule has 0 aliphatic heterocycles. The monoisotopic (exact) mass is 250 g/mol. The maximum atomic E-state index is 8.86. The number of hydrogen-bond donors (Lipinski definition) is 1. The zero-order valence-corrected chi connectivity index (χ0v) is 9.51. The molecule has 0 saturated carbocycles. The first-order valence-corrected chi connectivity index (χ1v) is 5.00. The second-order valence-electron chi connectivity index (χ2n) is 3.03. The van der Waals surface area contributed by atoms with E-state index in [2.05, 4.69) is 33.9 Å². The molecular weight excluding hydrogens is 240 g/mol. The van der Waals surface area contributed by atoms with Crippen LogP contribution in [0.1, 0.15) is 6.92 Å². The number of nitrogens with one attached hydrogen (secondary N) is 1. The van der Waals surface area contributed by atoms with Crippen molar-refractivity contribution < 1.29 is 0 Å². The molecule has 1 aromatic carbocycles. The van der Waals surface area contributed by atoms with Crippen molar-refractivity contribution in [1.29, 1.82) is 5.26 Å². The number of halogens is 1. The number of rotatable bonds is 3. The summed E-state index contributed by atoms with van der Waals surface area (Å²) >= 11 is 3.40. The molecule has 2 nitrogen and oxygen atoms in total. The Morgan fingerprint density at radius 3 is 2.71 bits per heavy atom. The van der Waals surface area contributed by atoms with Crippen LogP contribution in [0.25, 0.3) is 0 Å². The van der Waals surface area contributed by atoms with Crippen LogP contribution < -0.4 is 5.32 Å². The summed E-state index contributed by atoms with van der Waals surface area (Å²) < 4.78 is 0.946. The molecule has 0 amide bonds. The first-order chi connectivity index (χ1) is 6.65. The normalized spacial score (nSPS) is 11.5. The fourth-order valence-electron chi connectivity index (χ4n) is 0.999. The van der Waals surface area contributed by atoms with Gasteiger partial charge in [-0.2, -0.15) is 5.26 Å². The molecule has 0 aromatic heterocycles. The molecule has 1 N–H and O–H groups in total. The molecule has 0 bridgehead atoms. The largest absolute Gasteiger partial charge is 0.366 e. The maximum absolute atomic E-state index is 8.86. The van der Waals surface area contributed by atoms with Gasteiger partial charge < -0.3 is 5.32 Å². The Kier molecular flexibility index (Phi) is 3.73. The number of nitrogens with zero attached hydrogens (tertiary/aromatic N) is 1. The van der Waals surface area contributed by atoms with Crippen LogP contribution in [0.4, 0.5) is 5.69 Å². The van der Waals surface area contributed by atoms with Crippen molar-refractivity contribution in [2.24, 2.45) is 0 Å². The lowest BCUT2D eigenvalue weighted by molar-refractivity contribution is 1.03. The van der Waals surface area contributed by atoms with Crippen LogP contribution in [0, 0.1) is 11.3 Å². The maximum Gasteiger partial charge on any atom is 0.135 e. The minimum Gasteiger partial charge on any atom is -0.366 e. The second-order valence-corrected chi connectivity index (χ2v) is 3.89. The number of hydrogen-bond acceptors (Lipinski definition) is 2. The van der Waals surface area contributed by atoms with Gasteiger partial charge in [-0.1, -0.05) is 18.7 Å². The van der Waals surface area contributed by atoms with E-state index in [9.17, 15) is 0 Å². The highest BCUT2D eigenvalue weighted by Gasteiger charge is 2.08. The number of para-hydroxylation sites is 1. The molecule has 1 rings (SSSR count). The molecule has 0 radical (unpaired) electrons. The minimum absolute atomic E-state index is 0.339. The van der Waals surface area contributed by atoms with Crippen LogP contribution in [0.3, 0.4) is 0 Å². The minimum atomic E-state index is -0.339. The predicted molar refractivity (Wildman–Crippen MR) is 62.0 cm³/mol. The summed E-state index contributed by atoms with van der Waals surface area (Å²) in [6.45, 7) is 5.58. The quantitative estimate of drug-likeness (QED) is 0.836. The van der Waals surface area contributed by atoms with E-state index in [1.54, 1.807) is 0 Å². The van der Waals surface area contributed by atoms with Crippen LogP contribution in [0.2, 0.25) is 0 Å². The zero-order chi connectivity index (χ0) is 10.6. The van der Waals surface area contributed by atoms with E-state index in [1.807, 2.05) is 31.2 Å². The molecule has 3 heteroatoms. The lowest BCUT2D eigenvalue weighted by Gasteiger charge is -2.13. The topological polar surface area (TPSA) is 35.8 Å². The Labute approximate surface area is 92.4 Å². The molecular formula is C11H11BrN2. The predicted octanol–water partition coefficient (Wildman–Crippen LogP) is 3.33. The molecule has 14 heavy (non-hydrogen) atoms. The van der Waals surface area contributed by atoms with E-state index < -0.39 is 0 Å². The summed E-state index contributed by atoms with van der Waals surface area (Å²) in [4.78, 5) is 0. The van der Waals surface area contributed by atoms with E-state index >= 15 is 0 Å². The Morgan fingerprint density at radius 1 is 1.57 bits per heavy atom. The average Bonchev–Trinajstić information content (AvgIpc) is 2.16. The molecule has 0 aliphatic rings. The Hall–Kier alpha value is -1.27. The molecule has 1 atom stereocenters. The van der Waals surface area contributed by atoms with E-state index in [0.717, 1.165) is 15.7 Å². The average molecular weight is 251 g/mol. The highest BCUT2D eigenvalue weighted by Crippen LogP contribution is 2.22. The van der Waals surface area contributed by atoms with Gasteiger partial charge in [0.1, 0.15) is 6.04 Å². The van der Waals surface area contributed by atoms with Crippen molar-refractivity contribution in [1.82, 2.24) is 0 Å². The Morgan fingerprint density at radius 2 is 2.21 bits per heavy atom. The van der Waals surface area contributed by atoms with Gasteiger partial charge in [-0.15, -0.1) is 0 Å². The van der Waals surface area contributed by atoms with Gasteiger partial charge in [0, 0.05) is 10.2 Å². The van der Waals surface area contributed by atoms with Gasteiger partial charge in [-0.3, -0.25) is 0 Å². The number of anilines is 1. The summed E-state index contributed by atoms with van der Waals surface area (Å²) in [5.74, 6) is 0. The summed E-state index contributed by atoms with van der Waals surface area (Å²) in [5.41, 5.74) is 1.71. The van der Waals surface area contributed by atoms with E-state index in [1.165, 1.54) is 0 Å². The van der Waals surface area contributed by atoms with Crippen molar-refractivity contribution in [3.63, 3.8) is 0 Å². The van der Waals surface area contributed by atoms with Crippen LogP contribution >= 0.6 is 15.9 Å². The zero-order valence-electron chi connectivity index (χ0n) is 7.92. The van der Waals surface area contributed by atoms with Gasteiger partial charge in [-0.05, 0) is 40.6 Å². The van der Waals surface area contributed by atoms with Crippen molar-refractivity contribution in [3.05, 3.63) is 40.9 Å². The van der Waals surface area contributed by atoms with Gasteiger partial charge in [0.25, 0.3) is 0 Å². The van der Waals surface area contributed by atoms with Gasteiger partial charge in [0.2, 0.25) is 0 Å². The Balaban J connectivity index is 2.84. The third-order valence-corrected chi connectivity index (χ3v) is 2.49. The molecule has 0 saturated heterocycles. The standard InChI is InChI=1S/C11H11BrN2/c1-8(2)11(7-13)14-10-6-4-3-5-9(10)12/h3-6,11,14H,1H2,2H3. The van der Waals surface area contributed by atoms with Crippen molar-refractivity contribution in [3.8, 4) is 6.07 Å². The Bertz CT molecular complexity index is 379. The van der Waals surface area contributed by atoms with Crippen LogP contribution in [-0.2, 0) is 0 Å². The molecule has 0 aliphatic carbocycles. The van der Waals surface area contributed by atoms with E-state index in [-0.39, 0.29) is 6.04 Å². The SMILES string of the molecule is C=C(C)C(C#N)Nc1ccccc1Br. The third kappa shape index (κ3) is 2.61. The summed E-state index contributed by atoms with van der Waals surface area (Å²) in [6.07, 6.45) is 0. The summed E-state index contributed by atoms with van der Waals surface area (Å²) in [6, 6.07) is 9.49. The van der Waals surface area contributed by atoms with Crippen LogP contribution in [0.15, 0.2) is 40.9 Å². The fourth-order valence-corrected chi connectivity index (χ4v) is 1.40. The molecule has 1 unspecified atom stereocenters. The second kappa shape index (κ2) is 4.83. The van der Waals surface area contributed by atoms with Gasteiger partial charge in [-0.25, -0.2) is 0 Å². The van der Waals surface area contributed by atoms with E-state index in [0.29, 0.717) is 0 Å². The van der Waals surface area contributed by atoms with Crippen LogP contribution in [-0.4, -0.2) is 6.04 Å². The highest BCUT2D eigenvalue weighted by molar-refractivity contribution is 9.10. The molecule has 72 valence electrons. The third-order valence-electron chi connectivity index (χ3n) is 1.80. The van der Waals surface area contributed by atoms with Gasteiger partial charge in [0.15, 0.2) is 0 Å². The van der Waals surface area contributed by atoms with Crippen molar-refractivity contribution in [2.45, 2.75) is 13.0 Å². The summed E-state index contributed by atoms with van der Waals surface area (Å²) in [5, 5.41) is 11.9. The van der Waals surface area contributed by atoms with Crippen molar-refractivity contribution >= 4 is 21.6 Å². The first kappa shape index (κ1) is 10.8. The van der Waals surface area contributed by atoms with Gasteiger partial charge in [0.05, 0.1) is 6.07 Å². The summed E-state index contributed by atoms with van der Waals surface area (Å²) in [7, 11) is 0. The fraction of sp³-hybridized carbons (Fsp3) is 0.182. The van der Waals surface area contributed by atoms with Crippen LogP contribution in [0.5, 0.6) is 0 Å². The van der Waals surface area contributed by atoms with Crippen molar-refractivity contribution in [2.75, 3.05) is 5.32 Å². The van der Waals surface area contributed by atoms with Gasteiger partial charge >= 0.3 is 0 Å². The number of benzene rings is 1. The lowest BCUT2D eigenvalue weighted by Crippen LogP contribution is -2.18. The highest BCUT2D eigenvalue weighted by atomic mass is 79.9. The molecule has 1 aromatic rings. The lowest BCUT2D eigenvalue weighted by atomic mass is 10.1. The van der Waals surface area contributed by atoms with E-state index in [4.69, 9.17) is 5.26 Å². The first-order valence-electron chi connectivity index (χ1n) is 4.21. The molecule has 0 heterocycles. The smallest absolute Gasteiger partial charge is 0.135 e. The number of nitriles is 1. The molecule has 0 spiro atoms. The molecule has 0 fully saturated rings.